The van der Waals surface area contributed by atoms with E-state index >= 15 is 0 Å². The van der Waals surface area contributed by atoms with Gasteiger partial charge in [0.2, 0.25) is 0 Å². The highest BCUT2D eigenvalue weighted by Crippen LogP contribution is 2.40. The normalized spacial score (nSPS) is 14.0. The van der Waals surface area contributed by atoms with E-state index in [9.17, 15) is 0 Å². The summed E-state index contributed by atoms with van der Waals surface area (Å²) in [6.45, 7) is 2.12. The Balaban J connectivity index is 1.89. The van der Waals surface area contributed by atoms with Crippen LogP contribution in [0.3, 0.4) is 0 Å². The number of hydrogen-bond acceptors (Lipinski definition) is 5. The Morgan fingerprint density at radius 1 is 1.13 bits per heavy atom. The molecule has 0 radical (unpaired) electrons. The first-order chi connectivity index (χ1) is 11.3. The van der Waals surface area contributed by atoms with Gasteiger partial charge in [-0.25, -0.2) is 9.97 Å². The number of aromatic nitrogens is 2. The van der Waals surface area contributed by atoms with Crippen molar-refractivity contribution in [3.05, 3.63) is 40.3 Å². The first-order valence-electron chi connectivity index (χ1n) is 7.95. The fraction of sp³-hybridized carbons (Fsp3) is 0.333. The van der Waals surface area contributed by atoms with Gasteiger partial charge in [-0.3, -0.25) is 0 Å². The van der Waals surface area contributed by atoms with Gasteiger partial charge in [-0.05, 0) is 56.1 Å². The second kappa shape index (κ2) is 6.13. The Labute approximate surface area is 144 Å². The number of fused-ring (bicyclic) bond motifs is 3. The van der Waals surface area contributed by atoms with E-state index < -0.39 is 0 Å². The fourth-order valence-corrected chi connectivity index (χ4v) is 4.84. The number of thioether (sulfide) groups is 1. The zero-order valence-corrected chi connectivity index (χ0v) is 15.0. The van der Waals surface area contributed by atoms with Gasteiger partial charge in [-0.1, -0.05) is 30.0 Å². The number of nitrogens with one attached hydrogen (secondary N) is 1. The van der Waals surface area contributed by atoms with Crippen LogP contribution < -0.4 is 5.32 Å². The largest absolute Gasteiger partial charge is 0.339 e. The summed E-state index contributed by atoms with van der Waals surface area (Å²) in [6.07, 6.45) is 6.94. The van der Waals surface area contributed by atoms with Crippen LogP contribution in [0.2, 0.25) is 0 Å². The molecule has 0 spiro atoms. The van der Waals surface area contributed by atoms with Gasteiger partial charge in [0.25, 0.3) is 0 Å². The molecule has 0 bridgehead atoms. The van der Waals surface area contributed by atoms with Gasteiger partial charge in [-0.2, -0.15) is 0 Å². The smallest absolute Gasteiger partial charge is 0.190 e. The van der Waals surface area contributed by atoms with Gasteiger partial charge >= 0.3 is 0 Å². The Kier molecular flexibility index (Phi) is 3.99. The maximum absolute atomic E-state index is 4.78. The van der Waals surface area contributed by atoms with E-state index in [-0.39, 0.29) is 0 Å². The SMILES string of the molecule is CSc1nc(Nc2ccccc2C)c2c3c(sc2n1)CCCC3. The average Bonchev–Trinajstić information content (AvgIpc) is 2.95. The highest BCUT2D eigenvalue weighted by atomic mass is 32.2. The first kappa shape index (κ1) is 15.0. The molecule has 2 heterocycles. The monoisotopic (exact) mass is 341 g/mol. The highest BCUT2D eigenvalue weighted by Gasteiger charge is 2.21. The average molecular weight is 342 g/mol. The molecular formula is C18H19N3S2. The summed E-state index contributed by atoms with van der Waals surface area (Å²) >= 11 is 3.46. The minimum atomic E-state index is 0.840. The molecule has 0 saturated carbocycles. The first-order valence-corrected chi connectivity index (χ1v) is 9.99. The predicted molar refractivity (Wildman–Crippen MR) is 100 cm³/mol. The van der Waals surface area contributed by atoms with E-state index in [1.807, 2.05) is 17.6 Å². The molecule has 0 saturated heterocycles. The van der Waals surface area contributed by atoms with Crippen LogP contribution in [0.15, 0.2) is 29.4 Å². The minimum absolute atomic E-state index is 0.840. The lowest BCUT2D eigenvalue weighted by Gasteiger charge is -2.14. The molecule has 1 aliphatic carbocycles. The second-order valence-corrected chi connectivity index (χ2v) is 7.75. The molecule has 0 atom stereocenters. The van der Waals surface area contributed by atoms with E-state index in [2.05, 4.69) is 36.5 Å². The molecule has 118 valence electrons. The van der Waals surface area contributed by atoms with E-state index in [1.54, 1.807) is 11.8 Å². The van der Waals surface area contributed by atoms with Crippen LogP contribution in [-0.2, 0) is 12.8 Å². The Bertz CT molecular complexity index is 870. The highest BCUT2D eigenvalue weighted by molar-refractivity contribution is 7.98. The van der Waals surface area contributed by atoms with Crippen LogP contribution in [-0.4, -0.2) is 16.2 Å². The third-order valence-electron chi connectivity index (χ3n) is 4.37. The summed E-state index contributed by atoms with van der Waals surface area (Å²) in [5.41, 5.74) is 3.82. The van der Waals surface area contributed by atoms with Crippen molar-refractivity contribution in [2.75, 3.05) is 11.6 Å². The molecule has 1 N–H and O–H groups in total. The zero-order valence-electron chi connectivity index (χ0n) is 13.3. The van der Waals surface area contributed by atoms with E-state index in [4.69, 9.17) is 9.97 Å². The molecule has 1 aromatic carbocycles. The molecule has 5 heteroatoms. The van der Waals surface area contributed by atoms with Crippen LogP contribution in [0, 0.1) is 6.92 Å². The van der Waals surface area contributed by atoms with Crippen molar-refractivity contribution >= 4 is 44.8 Å². The number of para-hydroxylation sites is 1. The lowest BCUT2D eigenvalue weighted by atomic mass is 9.97. The maximum Gasteiger partial charge on any atom is 0.190 e. The van der Waals surface area contributed by atoms with Crippen molar-refractivity contribution in [1.29, 1.82) is 0 Å². The van der Waals surface area contributed by atoms with Crippen molar-refractivity contribution in [2.45, 2.75) is 37.8 Å². The summed E-state index contributed by atoms with van der Waals surface area (Å²) < 4.78 is 0. The molecule has 4 rings (SSSR count). The lowest BCUT2D eigenvalue weighted by Crippen LogP contribution is -2.02. The Hall–Kier alpha value is -1.59. The van der Waals surface area contributed by atoms with E-state index in [0.717, 1.165) is 27.9 Å². The van der Waals surface area contributed by atoms with Crippen LogP contribution in [0.5, 0.6) is 0 Å². The number of aryl methyl sites for hydroxylation is 3. The fourth-order valence-electron chi connectivity index (χ4n) is 3.16. The summed E-state index contributed by atoms with van der Waals surface area (Å²) in [5, 5.41) is 5.65. The minimum Gasteiger partial charge on any atom is -0.339 e. The molecule has 3 aromatic rings. The molecule has 0 aliphatic heterocycles. The van der Waals surface area contributed by atoms with Crippen molar-refractivity contribution in [3.63, 3.8) is 0 Å². The summed E-state index contributed by atoms with van der Waals surface area (Å²) in [7, 11) is 0. The van der Waals surface area contributed by atoms with Gasteiger partial charge in [0.15, 0.2) is 5.16 Å². The molecule has 0 unspecified atom stereocenters. The predicted octanol–water partition coefficient (Wildman–Crippen LogP) is 5.34. The molecule has 3 nitrogen and oxygen atoms in total. The van der Waals surface area contributed by atoms with Crippen LogP contribution >= 0.6 is 23.1 Å². The Morgan fingerprint density at radius 3 is 2.78 bits per heavy atom. The van der Waals surface area contributed by atoms with Crippen molar-refractivity contribution in [1.82, 2.24) is 9.97 Å². The van der Waals surface area contributed by atoms with Crippen molar-refractivity contribution in [3.8, 4) is 0 Å². The number of thiophene rings is 1. The van der Waals surface area contributed by atoms with Gasteiger partial charge in [0.1, 0.15) is 10.6 Å². The molecule has 23 heavy (non-hydrogen) atoms. The van der Waals surface area contributed by atoms with E-state index in [0.29, 0.717) is 0 Å². The number of rotatable bonds is 3. The third-order valence-corrected chi connectivity index (χ3v) is 6.11. The molecule has 0 amide bonds. The summed E-state index contributed by atoms with van der Waals surface area (Å²) in [4.78, 5) is 12.2. The summed E-state index contributed by atoms with van der Waals surface area (Å²) in [5.74, 6) is 0.966. The van der Waals surface area contributed by atoms with Crippen molar-refractivity contribution in [2.24, 2.45) is 0 Å². The number of hydrogen-bond donors (Lipinski definition) is 1. The second-order valence-electron chi connectivity index (χ2n) is 5.89. The van der Waals surface area contributed by atoms with Crippen LogP contribution in [0.4, 0.5) is 11.5 Å². The molecular weight excluding hydrogens is 322 g/mol. The number of nitrogens with zero attached hydrogens (tertiary/aromatic N) is 2. The zero-order chi connectivity index (χ0) is 15.8. The maximum atomic E-state index is 4.78. The number of anilines is 2. The molecule has 2 aromatic heterocycles. The van der Waals surface area contributed by atoms with Gasteiger partial charge in [0.05, 0.1) is 5.39 Å². The van der Waals surface area contributed by atoms with Gasteiger partial charge in [-0.15, -0.1) is 11.3 Å². The van der Waals surface area contributed by atoms with Crippen molar-refractivity contribution < 1.29 is 0 Å². The molecule has 1 aliphatic rings. The number of benzene rings is 1. The van der Waals surface area contributed by atoms with Gasteiger partial charge in [0, 0.05) is 10.6 Å². The lowest BCUT2D eigenvalue weighted by molar-refractivity contribution is 0.700. The van der Waals surface area contributed by atoms with E-state index in [1.165, 1.54) is 40.7 Å². The van der Waals surface area contributed by atoms with Crippen LogP contribution in [0.25, 0.3) is 10.2 Å². The molecule has 0 fully saturated rings. The van der Waals surface area contributed by atoms with Crippen LogP contribution in [0.1, 0.15) is 28.8 Å². The third kappa shape index (κ3) is 2.72. The summed E-state index contributed by atoms with van der Waals surface area (Å²) in [6, 6.07) is 8.36. The van der Waals surface area contributed by atoms with Gasteiger partial charge < -0.3 is 5.32 Å². The quantitative estimate of drug-likeness (QED) is 0.515. The topological polar surface area (TPSA) is 37.8 Å². The Morgan fingerprint density at radius 2 is 1.96 bits per heavy atom. The standard InChI is InChI=1S/C18H19N3S2/c1-11-7-3-5-9-13(11)19-16-15-12-8-4-6-10-14(12)23-17(15)21-18(20-16)22-2/h3,5,7,9H,4,6,8,10H2,1-2H3,(H,19,20,21).